The number of hydrogen-bond acceptors (Lipinski definition) is 0. The van der Waals surface area contributed by atoms with Gasteiger partial charge in [0.2, 0.25) is 0 Å². The molecular weight excluding hydrogens is 204 g/mol. The van der Waals surface area contributed by atoms with Gasteiger partial charge in [-0.3, -0.25) is 0 Å². The molecular formula is C17H32. The Bertz CT molecular complexity index is 240. The molecule has 0 bridgehead atoms. The summed E-state index contributed by atoms with van der Waals surface area (Å²) in [7, 11) is 0. The zero-order chi connectivity index (χ0) is 12.4. The van der Waals surface area contributed by atoms with Crippen LogP contribution in [0.5, 0.6) is 0 Å². The third kappa shape index (κ3) is 2.42. The van der Waals surface area contributed by atoms with E-state index in [0.717, 1.165) is 5.92 Å². The molecule has 0 spiro atoms. The molecule has 0 radical (unpaired) electrons. The number of rotatable bonds is 4. The standard InChI is InChI=1S/C17H32/c1-4-5-6-10-15-11-9-13-16(2)12-7-8-14-17(15,16)3/h15H,4-14H2,1-3H3/t15?,16-,17+/m1/s1. The number of fused-ring (bicyclic) bond motifs is 1. The van der Waals surface area contributed by atoms with Gasteiger partial charge < -0.3 is 0 Å². The molecule has 100 valence electrons. The van der Waals surface area contributed by atoms with Crippen LogP contribution < -0.4 is 0 Å². The van der Waals surface area contributed by atoms with E-state index >= 15 is 0 Å². The lowest BCUT2D eigenvalue weighted by Crippen LogP contribution is -2.48. The molecule has 2 aliphatic rings. The van der Waals surface area contributed by atoms with Gasteiger partial charge in [-0.2, -0.15) is 0 Å². The minimum atomic E-state index is 0.678. The fourth-order valence-electron chi connectivity index (χ4n) is 4.86. The average Bonchev–Trinajstić information content (AvgIpc) is 2.31. The Morgan fingerprint density at radius 2 is 1.65 bits per heavy atom. The summed E-state index contributed by atoms with van der Waals surface area (Å²) in [6.07, 6.45) is 16.4. The van der Waals surface area contributed by atoms with Gasteiger partial charge in [-0.25, -0.2) is 0 Å². The SMILES string of the molecule is CCCCCC1CCC[C@@]2(C)CCCC[C@@]12C. The van der Waals surface area contributed by atoms with Gasteiger partial charge >= 0.3 is 0 Å². The molecule has 2 aliphatic carbocycles. The van der Waals surface area contributed by atoms with E-state index in [1.54, 1.807) is 0 Å². The highest BCUT2D eigenvalue weighted by molar-refractivity contribution is 5.01. The van der Waals surface area contributed by atoms with E-state index < -0.39 is 0 Å². The first-order chi connectivity index (χ1) is 8.12. The van der Waals surface area contributed by atoms with Gasteiger partial charge in [-0.1, -0.05) is 59.3 Å². The third-order valence-corrected chi connectivity index (χ3v) is 6.39. The van der Waals surface area contributed by atoms with Crippen molar-refractivity contribution in [2.75, 3.05) is 0 Å². The molecule has 0 aliphatic heterocycles. The van der Waals surface area contributed by atoms with E-state index in [0.29, 0.717) is 10.8 Å². The van der Waals surface area contributed by atoms with E-state index in [9.17, 15) is 0 Å². The molecule has 0 aromatic carbocycles. The van der Waals surface area contributed by atoms with Gasteiger partial charge in [-0.05, 0) is 48.9 Å². The first-order valence-electron chi connectivity index (χ1n) is 8.12. The molecule has 0 aromatic rings. The Morgan fingerprint density at radius 3 is 2.41 bits per heavy atom. The lowest BCUT2D eigenvalue weighted by atomic mass is 9.47. The topological polar surface area (TPSA) is 0 Å². The highest BCUT2D eigenvalue weighted by Gasteiger charge is 2.51. The molecule has 0 heterocycles. The Labute approximate surface area is 109 Å². The highest BCUT2D eigenvalue weighted by Crippen LogP contribution is 2.61. The summed E-state index contributed by atoms with van der Waals surface area (Å²) >= 11 is 0. The van der Waals surface area contributed by atoms with Crippen molar-refractivity contribution in [2.45, 2.75) is 91.4 Å². The van der Waals surface area contributed by atoms with Crippen LogP contribution in [-0.2, 0) is 0 Å². The van der Waals surface area contributed by atoms with Crippen LogP contribution in [0.4, 0.5) is 0 Å². The van der Waals surface area contributed by atoms with Gasteiger partial charge in [0.1, 0.15) is 0 Å². The van der Waals surface area contributed by atoms with Gasteiger partial charge in [0.15, 0.2) is 0 Å². The summed E-state index contributed by atoms with van der Waals surface area (Å²) in [6.45, 7) is 7.58. The van der Waals surface area contributed by atoms with Crippen molar-refractivity contribution < 1.29 is 0 Å². The average molecular weight is 236 g/mol. The maximum absolute atomic E-state index is 2.64. The number of unbranched alkanes of at least 4 members (excludes halogenated alkanes) is 2. The van der Waals surface area contributed by atoms with Crippen LogP contribution >= 0.6 is 0 Å². The molecule has 2 fully saturated rings. The molecule has 0 amide bonds. The maximum Gasteiger partial charge on any atom is -0.0244 e. The second-order valence-corrected chi connectivity index (χ2v) is 7.27. The van der Waals surface area contributed by atoms with Crippen LogP contribution in [0.1, 0.15) is 91.4 Å². The summed E-state index contributed by atoms with van der Waals surface area (Å²) in [6, 6.07) is 0. The van der Waals surface area contributed by atoms with Crippen LogP contribution in [0.2, 0.25) is 0 Å². The van der Waals surface area contributed by atoms with Crippen molar-refractivity contribution in [3.63, 3.8) is 0 Å². The van der Waals surface area contributed by atoms with E-state index in [4.69, 9.17) is 0 Å². The van der Waals surface area contributed by atoms with Crippen molar-refractivity contribution >= 4 is 0 Å². The fourth-order valence-corrected chi connectivity index (χ4v) is 4.86. The van der Waals surface area contributed by atoms with E-state index in [1.165, 1.54) is 70.6 Å². The van der Waals surface area contributed by atoms with Crippen molar-refractivity contribution in [3.8, 4) is 0 Å². The van der Waals surface area contributed by atoms with Crippen LogP contribution in [-0.4, -0.2) is 0 Å². The highest BCUT2D eigenvalue weighted by atomic mass is 14.6. The molecule has 2 saturated carbocycles. The molecule has 0 aromatic heterocycles. The fraction of sp³-hybridized carbons (Fsp3) is 1.00. The second-order valence-electron chi connectivity index (χ2n) is 7.27. The predicted octanol–water partition coefficient (Wildman–Crippen LogP) is 5.95. The minimum Gasteiger partial charge on any atom is -0.0654 e. The predicted molar refractivity (Wildman–Crippen MR) is 76.2 cm³/mol. The lowest BCUT2D eigenvalue weighted by molar-refractivity contribution is -0.0777. The van der Waals surface area contributed by atoms with Gasteiger partial charge in [0, 0.05) is 0 Å². The summed E-state index contributed by atoms with van der Waals surface area (Å²) < 4.78 is 0. The third-order valence-electron chi connectivity index (χ3n) is 6.39. The smallest absolute Gasteiger partial charge is 0.0244 e. The Hall–Kier alpha value is 0. The normalized spacial score (nSPS) is 42.2. The van der Waals surface area contributed by atoms with E-state index in [2.05, 4.69) is 20.8 Å². The van der Waals surface area contributed by atoms with Gasteiger partial charge in [-0.15, -0.1) is 0 Å². The summed E-state index contributed by atoms with van der Waals surface area (Å²) in [5, 5.41) is 0. The first kappa shape index (κ1) is 13.4. The molecule has 17 heavy (non-hydrogen) atoms. The minimum absolute atomic E-state index is 0.678. The zero-order valence-electron chi connectivity index (χ0n) is 12.4. The van der Waals surface area contributed by atoms with Crippen molar-refractivity contribution in [1.29, 1.82) is 0 Å². The molecule has 0 N–H and O–H groups in total. The van der Waals surface area contributed by atoms with E-state index in [1.807, 2.05) is 0 Å². The first-order valence-corrected chi connectivity index (χ1v) is 8.12. The van der Waals surface area contributed by atoms with Crippen molar-refractivity contribution in [3.05, 3.63) is 0 Å². The van der Waals surface area contributed by atoms with Crippen LogP contribution in [0.3, 0.4) is 0 Å². The summed E-state index contributed by atoms with van der Waals surface area (Å²) in [5.41, 5.74) is 1.36. The van der Waals surface area contributed by atoms with Gasteiger partial charge in [0.25, 0.3) is 0 Å². The Balaban J connectivity index is 2.04. The quantitative estimate of drug-likeness (QED) is 0.529. The monoisotopic (exact) mass is 236 g/mol. The molecule has 0 nitrogen and oxygen atoms in total. The molecule has 3 atom stereocenters. The Morgan fingerprint density at radius 1 is 0.941 bits per heavy atom. The molecule has 1 unspecified atom stereocenters. The second kappa shape index (κ2) is 5.33. The van der Waals surface area contributed by atoms with Crippen molar-refractivity contribution in [1.82, 2.24) is 0 Å². The van der Waals surface area contributed by atoms with Crippen LogP contribution in [0.15, 0.2) is 0 Å². The van der Waals surface area contributed by atoms with Gasteiger partial charge in [0.05, 0.1) is 0 Å². The molecule has 0 heteroatoms. The molecule has 0 saturated heterocycles. The van der Waals surface area contributed by atoms with E-state index in [-0.39, 0.29) is 0 Å². The maximum atomic E-state index is 2.64. The zero-order valence-corrected chi connectivity index (χ0v) is 12.4. The summed E-state index contributed by atoms with van der Waals surface area (Å²) in [5.74, 6) is 1.04. The summed E-state index contributed by atoms with van der Waals surface area (Å²) in [4.78, 5) is 0. The largest absolute Gasteiger partial charge is 0.0654 e. The number of hydrogen-bond donors (Lipinski definition) is 0. The van der Waals surface area contributed by atoms with Crippen LogP contribution in [0.25, 0.3) is 0 Å². The Kier molecular flexibility index (Phi) is 4.21. The molecule has 2 rings (SSSR count). The van der Waals surface area contributed by atoms with Crippen LogP contribution in [0, 0.1) is 16.7 Å². The van der Waals surface area contributed by atoms with Crippen molar-refractivity contribution in [2.24, 2.45) is 16.7 Å². The lowest BCUT2D eigenvalue weighted by Gasteiger charge is -2.58.